The second kappa shape index (κ2) is 2.14. The summed E-state index contributed by atoms with van der Waals surface area (Å²) >= 11 is -0.278. The number of H-pyrrole nitrogens is 2. The standard InChI is InChI=1S/C4H2N4O2Se/c9-3-1-2(8-11-7-1)5-4(10)6-3/h(H2,5,6,8,9,10). The van der Waals surface area contributed by atoms with Crippen molar-refractivity contribution in [3.05, 3.63) is 20.8 Å². The number of aromatic nitrogens is 4. The van der Waals surface area contributed by atoms with E-state index >= 15 is 0 Å². The number of aromatic amines is 2. The van der Waals surface area contributed by atoms with Gasteiger partial charge in [-0.05, 0) is 0 Å². The first-order valence-corrected chi connectivity index (χ1v) is 4.25. The van der Waals surface area contributed by atoms with Crippen LogP contribution < -0.4 is 11.2 Å². The number of nitrogens with zero attached hydrogens (tertiary/aromatic N) is 2. The Bertz CT molecular complexity index is 494. The van der Waals surface area contributed by atoms with Crippen molar-refractivity contribution in [2.24, 2.45) is 0 Å². The van der Waals surface area contributed by atoms with E-state index in [1.54, 1.807) is 0 Å². The Morgan fingerprint density at radius 1 is 1.18 bits per heavy atom. The minimum atomic E-state index is -0.537. The second-order valence-electron chi connectivity index (χ2n) is 1.87. The fourth-order valence-corrected chi connectivity index (χ4v) is 1.78. The topological polar surface area (TPSA) is 91.5 Å². The zero-order valence-electron chi connectivity index (χ0n) is 5.12. The van der Waals surface area contributed by atoms with E-state index in [0.717, 1.165) is 0 Å². The molecule has 0 spiro atoms. The van der Waals surface area contributed by atoms with Crippen LogP contribution in [0.15, 0.2) is 9.59 Å². The molecule has 0 aliphatic carbocycles. The molecule has 2 aromatic heterocycles. The first-order valence-electron chi connectivity index (χ1n) is 2.72. The van der Waals surface area contributed by atoms with Crippen LogP contribution in [0.4, 0.5) is 0 Å². The fraction of sp³-hybridized carbons (Fsp3) is 0. The molecule has 56 valence electrons. The van der Waals surface area contributed by atoms with Gasteiger partial charge in [0.05, 0.1) is 0 Å². The van der Waals surface area contributed by atoms with Crippen LogP contribution in [0.5, 0.6) is 0 Å². The third kappa shape index (κ3) is 0.940. The Kier molecular flexibility index (Phi) is 1.27. The maximum absolute atomic E-state index is 10.9. The number of hydrogen-bond donors (Lipinski definition) is 2. The van der Waals surface area contributed by atoms with Gasteiger partial charge in [0.25, 0.3) is 0 Å². The van der Waals surface area contributed by atoms with Crippen molar-refractivity contribution in [2.75, 3.05) is 0 Å². The van der Waals surface area contributed by atoms with Gasteiger partial charge in [0, 0.05) is 0 Å². The molecule has 0 aromatic carbocycles. The van der Waals surface area contributed by atoms with Crippen LogP contribution in [0.1, 0.15) is 0 Å². The minimum absolute atomic E-state index is 0.240. The molecule has 7 heteroatoms. The van der Waals surface area contributed by atoms with Crippen LogP contribution in [-0.2, 0) is 0 Å². The van der Waals surface area contributed by atoms with Gasteiger partial charge in [-0.3, -0.25) is 0 Å². The molecule has 0 aliphatic rings. The molecule has 0 atom stereocenters. The number of fused-ring (bicyclic) bond motifs is 1. The molecule has 0 saturated heterocycles. The van der Waals surface area contributed by atoms with Crippen molar-refractivity contribution in [1.29, 1.82) is 0 Å². The maximum atomic E-state index is 10.9. The summed E-state index contributed by atoms with van der Waals surface area (Å²) in [4.78, 5) is 26.0. The number of hydrogen-bond acceptors (Lipinski definition) is 4. The van der Waals surface area contributed by atoms with E-state index < -0.39 is 11.2 Å². The Labute approximate surface area is 65.5 Å². The molecule has 0 fully saturated rings. The summed E-state index contributed by atoms with van der Waals surface area (Å²) in [5, 5.41) is 0. The van der Waals surface area contributed by atoms with E-state index in [-0.39, 0.29) is 20.5 Å². The van der Waals surface area contributed by atoms with Crippen molar-refractivity contribution < 1.29 is 0 Å². The quantitative estimate of drug-likeness (QED) is 0.502. The second-order valence-corrected chi connectivity index (χ2v) is 2.98. The van der Waals surface area contributed by atoms with Gasteiger partial charge in [-0.15, -0.1) is 0 Å². The van der Waals surface area contributed by atoms with E-state index in [2.05, 4.69) is 17.9 Å². The van der Waals surface area contributed by atoms with Crippen LogP contribution in [0.2, 0.25) is 0 Å². The summed E-state index contributed by atoms with van der Waals surface area (Å²) in [6.07, 6.45) is 0. The van der Waals surface area contributed by atoms with Crippen molar-refractivity contribution in [3.63, 3.8) is 0 Å². The van der Waals surface area contributed by atoms with Gasteiger partial charge in [0.2, 0.25) is 0 Å². The Balaban J connectivity index is 3.15. The first-order chi connectivity index (χ1) is 5.27. The van der Waals surface area contributed by atoms with E-state index in [1.165, 1.54) is 0 Å². The molecule has 2 aromatic rings. The molecule has 2 heterocycles. The molecule has 11 heavy (non-hydrogen) atoms. The predicted molar refractivity (Wildman–Crippen MR) is 37.7 cm³/mol. The summed E-state index contributed by atoms with van der Waals surface area (Å²) in [7, 11) is 0. The van der Waals surface area contributed by atoms with E-state index in [1.807, 2.05) is 0 Å². The average molecular weight is 217 g/mol. The Hall–Kier alpha value is -1.20. The van der Waals surface area contributed by atoms with Crippen LogP contribution in [-0.4, -0.2) is 32.9 Å². The van der Waals surface area contributed by atoms with E-state index in [0.29, 0.717) is 5.65 Å². The molecule has 0 saturated carbocycles. The third-order valence-corrected chi connectivity index (χ3v) is 2.27. The van der Waals surface area contributed by atoms with E-state index in [4.69, 9.17) is 0 Å². The van der Waals surface area contributed by atoms with E-state index in [9.17, 15) is 9.59 Å². The van der Waals surface area contributed by atoms with Gasteiger partial charge in [-0.25, -0.2) is 0 Å². The van der Waals surface area contributed by atoms with Gasteiger partial charge < -0.3 is 0 Å². The van der Waals surface area contributed by atoms with Gasteiger partial charge in [0.1, 0.15) is 0 Å². The fourth-order valence-electron chi connectivity index (χ4n) is 0.721. The predicted octanol–water partition coefficient (Wildman–Crippen LogP) is -1.94. The van der Waals surface area contributed by atoms with Crippen LogP contribution in [0.25, 0.3) is 11.2 Å². The third-order valence-electron chi connectivity index (χ3n) is 1.16. The van der Waals surface area contributed by atoms with Crippen LogP contribution >= 0.6 is 0 Å². The zero-order chi connectivity index (χ0) is 7.84. The first kappa shape index (κ1) is 6.51. The molecule has 0 bridgehead atoms. The summed E-state index contributed by atoms with van der Waals surface area (Å²) in [5.41, 5.74) is -0.458. The monoisotopic (exact) mass is 218 g/mol. The molecule has 6 nitrogen and oxygen atoms in total. The van der Waals surface area contributed by atoms with Crippen LogP contribution in [0.3, 0.4) is 0 Å². The Morgan fingerprint density at radius 2 is 2.00 bits per heavy atom. The van der Waals surface area contributed by atoms with Crippen molar-refractivity contribution in [1.82, 2.24) is 17.9 Å². The molecule has 0 aliphatic heterocycles. The molecule has 2 rings (SSSR count). The molecule has 0 amide bonds. The summed E-state index contributed by atoms with van der Waals surface area (Å²) < 4.78 is 7.66. The summed E-state index contributed by atoms with van der Waals surface area (Å²) in [5.74, 6) is 0. The van der Waals surface area contributed by atoms with Gasteiger partial charge in [-0.2, -0.15) is 0 Å². The van der Waals surface area contributed by atoms with Gasteiger partial charge in [-0.1, -0.05) is 0 Å². The van der Waals surface area contributed by atoms with Crippen LogP contribution in [0, 0.1) is 0 Å². The Morgan fingerprint density at radius 3 is 2.82 bits per heavy atom. The summed E-state index contributed by atoms with van der Waals surface area (Å²) in [6, 6.07) is 0. The van der Waals surface area contributed by atoms with Gasteiger partial charge >= 0.3 is 64.9 Å². The van der Waals surface area contributed by atoms with Gasteiger partial charge in [0.15, 0.2) is 0 Å². The molecular formula is C4H2N4O2Se. The summed E-state index contributed by atoms with van der Waals surface area (Å²) in [6.45, 7) is 0. The average Bonchev–Trinajstić information content (AvgIpc) is 2.34. The SMILES string of the molecule is O=c1[nH]c(=O)c2n[se]nc2[nH]1. The normalized spacial score (nSPS) is 10.5. The molecule has 0 unspecified atom stereocenters. The van der Waals surface area contributed by atoms with Crippen molar-refractivity contribution in [3.8, 4) is 0 Å². The molecular weight excluding hydrogens is 215 g/mol. The van der Waals surface area contributed by atoms with Crippen molar-refractivity contribution in [2.45, 2.75) is 0 Å². The van der Waals surface area contributed by atoms with Crippen molar-refractivity contribution >= 4 is 26.1 Å². The molecule has 0 radical (unpaired) electrons. The number of nitrogens with one attached hydrogen (secondary N) is 2. The molecule has 2 N–H and O–H groups in total. The number of rotatable bonds is 0. The zero-order valence-corrected chi connectivity index (χ0v) is 6.83.